The van der Waals surface area contributed by atoms with Crippen LogP contribution in [0, 0.1) is 0 Å². The molecule has 0 saturated carbocycles. The second-order valence-electron chi connectivity index (χ2n) is 6.94. The molecule has 174 valence electrons. The Morgan fingerprint density at radius 3 is 1.91 bits per heavy atom. The molecule has 1 atom stereocenters. The Kier molecular flexibility index (Phi) is 7.01. The molecular formula is C24H25NO8. The van der Waals surface area contributed by atoms with E-state index in [1.54, 1.807) is 68.4 Å². The highest BCUT2D eigenvalue weighted by Crippen LogP contribution is 2.48. The zero-order valence-corrected chi connectivity index (χ0v) is 18.8. The standard InChI is InChI=1S/C24H25NO8/c1-5-31-21(27)24(22(28)32-6-2)23(20(26)30-4,17-10-8-7-9-11-17)25-19(33-24)16-12-14-18(29-3)15-13-16/h7-15H,5-6H2,1-4H3. The Hall–Kier alpha value is -3.88. The molecule has 0 amide bonds. The maximum atomic E-state index is 13.4. The smallest absolute Gasteiger partial charge is 0.366 e. The summed E-state index contributed by atoms with van der Waals surface area (Å²) in [6.07, 6.45) is 0. The molecule has 9 heteroatoms. The molecular weight excluding hydrogens is 430 g/mol. The summed E-state index contributed by atoms with van der Waals surface area (Å²) in [6.45, 7) is 2.99. The lowest BCUT2D eigenvalue weighted by Crippen LogP contribution is -2.65. The van der Waals surface area contributed by atoms with Crippen LogP contribution >= 0.6 is 0 Å². The van der Waals surface area contributed by atoms with Gasteiger partial charge in [-0.15, -0.1) is 0 Å². The lowest BCUT2D eigenvalue weighted by atomic mass is 9.74. The molecule has 0 saturated heterocycles. The summed E-state index contributed by atoms with van der Waals surface area (Å²) < 4.78 is 26.7. The summed E-state index contributed by atoms with van der Waals surface area (Å²) >= 11 is 0. The van der Waals surface area contributed by atoms with Gasteiger partial charge in [0.2, 0.25) is 11.4 Å². The molecule has 9 nitrogen and oxygen atoms in total. The molecule has 33 heavy (non-hydrogen) atoms. The zero-order chi connectivity index (χ0) is 24.1. The van der Waals surface area contributed by atoms with E-state index in [-0.39, 0.29) is 24.7 Å². The third kappa shape index (κ3) is 3.79. The molecule has 0 fully saturated rings. The van der Waals surface area contributed by atoms with Crippen molar-refractivity contribution in [3.8, 4) is 5.75 Å². The molecule has 1 heterocycles. The first kappa shape index (κ1) is 23.8. The predicted molar refractivity (Wildman–Crippen MR) is 117 cm³/mol. The number of hydrogen-bond acceptors (Lipinski definition) is 9. The molecule has 2 aromatic rings. The first-order valence-electron chi connectivity index (χ1n) is 10.3. The largest absolute Gasteiger partial charge is 0.497 e. The molecule has 0 aliphatic carbocycles. The molecule has 0 bridgehead atoms. The third-order valence-corrected chi connectivity index (χ3v) is 5.16. The Morgan fingerprint density at radius 2 is 1.42 bits per heavy atom. The Labute approximate surface area is 191 Å². The van der Waals surface area contributed by atoms with E-state index < -0.39 is 29.0 Å². The van der Waals surface area contributed by atoms with Crippen LogP contribution in [0.3, 0.4) is 0 Å². The highest BCUT2D eigenvalue weighted by molar-refractivity contribution is 6.17. The van der Waals surface area contributed by atoms with Crippen LogP contribution < -0.4 is 4.74 Å². The summed E-state index contributed by atoms with van der Waals surface area (Å²) in [5, 5.41) is 0. The van der Waals surface area contributed by atoms with Crippen molar-refractivity contribution in [1.82, 2.24) is 0 Å². The van der Waals surface area contributed by atoms with Gasteiger partial charge in [0, 0.05) is 5.56 Å². The average molecular weight is 455 g/mol. The molecule has 1 unspecified atom stereocenters. The van der Waals surface area contributed by atoms with Gasteiger partial charge in [0.05, 0.1) is 27.4 Å². The first-order chi connectivity index (χ1) is 15.9. The third-order valence-electron chi connectivity index (χ3n) is 5.16. The fraction of sp³-hybridized carbons (Fsp3) is 0.333. The minimum atomic E-state index is -2.61. The van der Waals surface area contributed by atoms with Crippen molar-refractivity contribution < 1.29 is 38.1 Å². The highest BCUT2D eigenvalue weighted by Gasteiger charge is 2.76. The number of carbonyl (C=O) groups is 3. The number of hydrogen-bond donors (Lipinski definition) is 0. The van der Waals surface area contributed by atoms with E-state index in [9.17, 15) is 14.4 Å². The summed E-state index contributed by atoms with van der Waals surface area (Å²) in [5.74, 6) is -2.79. The van der Waals surface area contributed by atoms with Crippen molar-refractivity contribution in [3.05, 3.63) is 65.7 Å². The van der Waals surface area contributed by atoms with Crippen LogP contribution in [0.2, 0.25) is 0 Å². The minimum absolute atomic E-state index is 0.0761. The molecule has 0 spiro atoms. The van der Waals surface area contributed by atoms with Gasteiger partial charge in [0.25, 0.3) is 0 Å². The van der Waals surface area contributed by atoms with Gasteiger partial charge in [-0.2, -0.15) is 0 Å². The van der Waals surface area contributed by atoms with Crippen LogP contribution in [-0.2, 0) is 38.9 Å². The van der Waals surface area contributed by atoms with Crippen LogP contribution in [-0.4, -0.2) is 56.8 Å². The summed E-state index contributed by atoms with van der Waals surface area (Å²) in [4.78, 5) is 44.8. The van der Waals surface area contributed by atoms with Crippen LogP contribution in [0.4, 0.5) is 0 Å². The van der Waals surface area contributed by atoms with Gasteiger partial charge >= 0.3 is 23.5 Å². The van der Waals surface area contributed by atoms with Gasteiger partial charge in [-0.1, -0.05) is 30.3 Å². The molecule has 1 aliphatic rings. The van der Waals surface area contributed by atoms with E-state index >= 15 is 0 Å². The van der Waals surface area contributed by atoms with Crippen molar-refractivity contribution in [2.75, 3.05) is 27.4 Å². The normalized spacial score (nSPS) is 18.5. The van der Waals surface area contributed by atoms with E-state index in [1.807, 2.05) is 0 Å². The highest BCUT2D eigenvalue weighted by atomic mass is 16.6. The average Bonchev–Trinajstić information content (AvgIpc) is 3.23. The van der Waals surface area contributed by atoms with E-state index in [0.29, 0.717) is 11.3 Å². The lowest BCUT2D eigenvalue weighted by molar-refractivity contribution is -0.192. The van der Waals surface area contributed by atoms with Crippen molar-refractivity contribution in [2.24, 2.45) is 4.99 Å². The fourth-order valence-corrected chi connectivity index (χ4v) is 3.66. The van der Waals surface area contributed by atoms with Crippen LogP contribution in [0.5, 0.6) is 5.75 Å². The maximum Gasteiger partial charge on any atom is 0.366 e. The quantitative estimate of drug-likeness (QED) is 0.339. The number of ether oxygens (including phenoxy) is 5. The van der Waals surface area contributed by atoms with Crippen molar-refractivity contribution >= 4 is 23.8 Å². The predicted octanol–water partition coefficient (Wildman–Crippen LogP) is 2.41. The molecule has 0 N–H and O–H groups in total. The topological polar surface area (TPSA) is 110 Å². The van der Waals surface area contributed by atoms with Gasteiger partial charge in [-0.05, 0) is 43.7 Å². The number of esters is 3. The molecule has 3 rings (SSSR count). The van der Waals surface area contributed by atoms with Crippen molar-refractivity contribution in [1.29, 1.82) is 0 Å². The SMILES string of the molecule is CCOC(=O)C1(C(=O)OCC)OC(c2ccc(OC)cc2)=NC1(C(=O)OC)c1ccccc1. The van der Waals surface area contributed by atoms with Crippen LogP contribution in [0.25, 0.3) is 0 Å². The van der Waals surface area contributed by atoms with E-state index in [2.05, 4.69) is 4.99 Å². The number of aliphatic imine (C=N–C) groups is 1. The second-order valence-corrected chi connectivity index (χ2v) is 6.94. The minimum Gasteiger partial charge on any atom is -0.497 e. The van der Waals surface area contributed by atoms with Gasteiger partial charge in [-0.3, -0.25) is 0 Å². The van der Waals surface area contributed by atoms with Gasteiger partial charge in [-0.25, -0.2) is 19.4 Å². The second kappa shape index (κ2) is 9.72. The van der Waals surface area contributed by atoms with Gasteiger partial charge < -0.3 is 23.7 Å². The molecule has 1 aliphatic heterocycles. The zero-order valence-electron chi connectivity index (χ0n) is 18.8. The van der Waals surface area contributed by atoms with E-state index in [4.69, 9.17) is 23.7 Å². The Balaban J connectivity index is 2.36. The maximum absolute atomic E-state index is 13.4. The van der Waals surface area contributed by atoms with E-state index in [1.165, 1.54) is 7.11 Å². The molecule has 2 aromatic carbocycles. The van der Waals surface area contributed by atoms with Gasteiger partial charge in [0.15, 0.2) is 0 Å². The van der Waals surface area contributed by atoms with Gasteiger partial charge in [0.1, 0.15) is 5.75 Å². The molecule has 0 radical (unpaired) electrons. The number of rotatable bonds is 8. The first-order valence-corrected chi connectivity index (χ1v) is 10.3. The number of methoxy groups -OCH3 is 2. The van der Waals surface area contributed by atoms with E-state index in [0.717, 1.165) is 7.11 Å². The Bertz CT molecular complexity index is 1030. The Morgan fingerprint density at radius 1 is 0.848 bits per heavy atom. The van der Waals surface area contributed by atoms with Crippen molar-refractivity contribution in [3.63, 3.8) is 0 Å². The lowest BCUT2D eigenvalue weighted by Gasteiger charge is -2.36. The number of nitrogens with zero attached hydrogens (tertiary/aromatic N) is 1. The van der Waals surface area contributed by atoms with Crippen LogP contribution in [0.15, 0.2) is 59.6 Å². The number of benzene rings is 2. The van der Waals surface area contributed by atoms with Crippen LogP contribution in [0.1, 0.15) is 25.0 Å². The number of carbonyl (C=O) groups excluding carboxylic acids is 3. The summed E-state index contributed by atoms with van der Waals surface area (Å²) in [5.41, 5.74) is -4.27. The fourth-order valence-electron chi connectivity index (χ4n) is 3.66. The summed E-state index contributed by atoms with van der Waals surface area (Å²) in [7, 11) is 2.65. The summed E-state index contributed by atoms with van der Waals surface area (Å²) in [6, 6.07) is 14.6. The monoisotopic (exact) mass is 455 g/mol. The molecule has 0 aromatic heterocycles. The van der Waals surface area contributed by atoms with Crippen molar-refractivity contribution in [2.45, 2.75) is 25.0 Å².